The molecule has 0 aromatic heterocycles. The van der Waals surface area contributed by atoms with Crippen molar-refractivity contribution < 1.29 is 14.6 Å². The Kier molecular flexibility index (Phi) is 5.29. The smallest absolute Gasteiger partial charge is 0.303 e. The summed E-state index contributed by atoms with van der Waals surface area (Å²) < 4.78 is 5.12. The van der Waals surface area contributed by atoms with Crippen molar-refractivity contribution in [1.82, 2.24) is 0 Å². The van der Waals surface area contributed by atoms with E-state index in [2.05, 4.69) is 13.2 Å². The van der Waals surface area contributed by atoms with Crippen molar-refractivity contribution in [3.63, 3.8) is 0 Å². The number of ether oxygens (including phenoxy) is 1. The second-order valence-corrected chi connectivity index (χ2v) is 4.01. The average molecular weight is 212 g/mol. The van der Waals surface area contributed by atoms with Crippen LogP contribution in [0.2, 0.25) is 0 Å². The van der Waals surface area contributed by atoms with E-state index in [1.165, 1.54) is 6.92 Å². The molecule has 3 heteroatoms. The minimum atomic E-state index is -0.706. The molecule has 2 atom stereocenters. The number of hydrogen-bond acceptors (Lipinski definition) is 3. The van der Waals surface area contributed by atoms with E-state index < -0.39 is 11.7 Å². The number of rotatable bonds is 6. The molecule has 3 nitrogen and oxygen atoms in total. The summed E-state index contributed by atoms with van der Waals surface area (Å²) in [6.07, 6.45) is 2.06. The third-order valence-electron chi connectivity index (χ3n) is 2.29. The fourth-order valence-electron chi connectivity index (χ4n) is 1.19. The maximum atomic E-state index is 10.8. The van der Waals surface area contributed by atoms with E-state index in [1.807, 2.05) is 0 Å². The van der Waals surface area contributed by atoms with Crippen LogP contribution in [0.25, 0.3) is 0 Å². The summed E-state index contributed by atoms with van der Waals surface area (Å²) in [5.74, 6) is -0.345. The Morgan fingerprint density at radius 3 is 2.47 bits per heavy atom. The topological polar surface area (TPSA) is 46.5 Å². The molecular weight excluding hydrogens is 192 g/mol. The molecule has 0 heterocycles. The molecule has 0 saturated heterocycles. The molecule has 0 rings (SSSR count). The molecular formula is C12H20O3. The van der Waals surface area contributed by atoms with Crippen molar-refractivity contribution in [3.05, 3.63) is 24.8 Å². The van der Waals surface area contributed by atoms with E-state index in [4.69, 9.17) is 4.74 Å². The standard InChI is InChI=1S/C12H20O3/c1-6-12(5,15-10(4)13)8-7-11(14)9(2)3/h6,11,14H,1-2,7-8H2,3-5H3. The molecule has 1 N–H and O–H groups in total. The summed E-state index contributed by atoms with van der Waals surface area (Å²) in [6, 6.07) is 0. The van der Waals surface area contributed by atoms with Crippen LogP contribution < -0.4 is 0 Å². The Morgan fingerprint density at radius 1 is 1.60 bits per heavy atom. The van der Waals surface area contributed by atoms with Crippen LogP contribution in [0.1, 0.15) is 33.6 Å². The largest absolute Gasteiger partial charge is 0.455 e. The quantitative estimate of drug-likeness (QED) is 0.542. The lowest BCUT2D eigenvalue weighted by Gasteiger charge is -2.26. The van der Waals surface area contributed by atoms with Gasteiger partial charge in [-0.25, -0.2) is 0 Å². The Balaban J connectivity index is 4.26. The van der Waals surface area contributed by atoms with Gasteiger partial charge >= 0.3 is 5.97 Å². The predicted octanol–water partition coefficient (Wildman–Crippen LogP) is 2.21. The van der Waals surface area contributed by atoms with Crippen LogP contribution in [0, 0.1) is 0 Å². The van der Waals surface area contributed by atoms with Crippen molar-refractivity contribution >= 4 is 5.97 Å². The van der Waals surface area contributed by atoms with Gasteiger partial charge in [-0.15, -0.1) is 0 Å². The molecule has 0 fully saturated rings. The van der Waals surface area contributed by atoms with Crippen LogP contribution in [-0.2, 0) is 9.53 Å². The summed E-state index contributed by atoms with van der Waals surface area (Å²) in [5, 5.41) is 9.55. The second-order valence-electron chi connectivity index (χ2n) is 4.01. The number of aliphatic hydroxyl groups excluding tert-OH is 1. The molecule has 0 aromatic rings. The average Bonchev–Trinajstić information content (AvgIpc) is 2.13. The molecule has 0 spiro atoms. The predicted molar refractivity (Wildman–Crippen MR) is 60.4 cm³/mol. The van der Waals surface area contributed by atoms with E-state index in [1.54, 1.807) is 19.9 Å². The van der Waals surface area contributed by atoms with E-state index in [9.17, 15) is 9.90 Å². The monoisotopic (exact) mass is 212 g/mol. The van der Waals surface area contributed by atoms with Crippen LogP contribution in [-0.4, -0.2) is 22.8 Å². The van der Waals surface area contributed by atoms with Crippen LogP contribution in [0.5, 0.6) is 0 Å². The zero-order valence-electron chi connectivity index (χ0n) is 9.75. The first-order valence-corrected chi connectivity index (χ1v) is 4.97. The highest BCUT2D eigenvalue weighted by Crippen LogP contribution is 2.21. The van der Waals surface area contributed by atoms with Gasteiger partial charge in [0, 0.05) is 6.92 Å². The number of esters is 1. The molecule has 0 aliphatic carbocycles. The van der Waals surface area contributed by atoms with Gasteiger partial charge in [-0.2, -0.15) is 0 Å². The summed E-state index contributed by atoms with van der Waals surface area (Å²) in [7, 11) is 0. The van der Waals surface area contributed by atoms with Crippen LogP contribution in [0.3, 0.4) is 0 Å². The number of hydrogen-bond donors (Lipinski definition) is 1. The third kappa shape index (κ3) is 5.37. The highest BCUT2D eigenvalue weighted by molar-refractivity contribution is 5.66. The van der Waals surface area contributed by atoms with E-state index in [0.717, 1.165) is 0 Å². The number of carbonyl (C=O) groups excluding carboxylic acids is 1. The van der Waals surface area contributed by atoms with E-state index >= 15 is 0 Å². The van der Waals surface area contributed by atoms with Crippen molar-refractivity contribution in [2.75, 3.05) is 0 Å². The van der Waals surface area contributed by atoms with Crippen LogP contribution in [0.4, 0.5) is 0 Å². The molecule has 2 unspecified atom stereocenters. The SMILES string of the molecule is C=CC(C)(CCC(O)C(=C)C)OC(C)=O. The lowest BCUT2D eigenvalue weighted by atomic mass is 9.96. The van der Waals surface area contributed by atoms with Gasteiger partial charge in [-0.05, 0) is 32.8 Å². The summed E-state index contributed by atoms with van der Waals surface area (Å²) >= 11 is 0. The van der Waals surface area contributed by atoms with Gasteiger partial charge in [0.15, 0.2) is 0 Å². The van der Waals surface area contributed by atoms with Gasteiger partial charge in [-0.3, -0.25) is 4.79 Å². The maximum Gasteiger partial charge on any atom is 0.303 e. The molecule has 0 aromatic carbocycles. The first kappa shape index (κ1) is 13.9. The number of aliphatic hydroxyl groups is 1. The second kappa shape index (κ2) is 5.71. The molecule has 0 bridgehead atoms. The molecule has 86 valence electrons. The van der Waals surface area contributed by atoms with Crippen molar-refractivity contribution in [1.29, 1.82) is 0 Å². The third-order valence-corrected chi connectivity index (χ3v) is 2.29. The fraction of sp³-hybridized carbons (Fsp3) is 0.583. The van der Waals surface area contributed by atoms with Crippen LogP contribution >= 0.6 is 0 Å². The molecule has 0 aliphatic heterocycles. The fourth-order valence-corrected chi connectivity index (χ4v) is 1.19. The minimum Gasteiger partial charge on any atom is -0.455 e. The highest BCUT2D eigenvalue weighted by atomic mass is 16.6. The normalized spacial score (nSPS) is 16.3. The Labute approximate surface area is 91.4 Å². The Morgan fingerprint density at radius 2 is 2.13 bits per heavy atom. The first-order chi connectivity index (χ1) is 6.80. The molecule has 0 saturated carbocycles. The van der Waals surface area contributed by atoms with Gasteiger partial charge in [0.05, 0.1) is 6.10 Å². The van der Waals surface area contributed by atoms with Gasteiger partial charge in [0.25, 0.3) is 0 Å². The molecule has 0 amide bonds. The number of carbonyl (C=O) groups is 1. The van der Waals surface area contributed by atoms with Crippen molar-refractivity contribution in [2.24, 2.45) is 0 Å². The van der Waals surface area contributed by atoms with Crippen molar-refractivity contribution in [2.45, 2.75) is 45.3 Å². The molecule has 0 aliphatic rings. The Hall–Kier alpha value is -1.09. The highest BCUT2D eigenvalue weighted by Gasteiger charge is 2.24. The van der Waals surface area contributed by atoms with E-state index in [0.29, 0.717) is 18.4 Å². The summed E-state index contributed by atoms with van der Waals surface area (Å²) in [4.78, 5) is 10.8. The Bertz CT molecular complexity index is 258. The van der Waals surface area contributed by atoms with Gasteiger partial charge in [0.2, 0.25) is 0 Å². The molecule has 0 radical (unpaired) electrons. The zero-order valence-corrected chi connectivity index (χ0v) is 9.75. The summed E-state index contributed by atoms with van der Waals surface area (Å²) in [5.41, 5.74) is 0.00617. The lowest BCUT2D eigenvalue weighted by Crippen LogP contribution is -2.29. The summed E-state index contributed by atoms with van der Waals surface area (Å²) in [6.45, 7) is 12.2. The maximum absolute atomic E-state index is 10.8. The van der Waals surface area contributed by atoms with Gasteiger partial charge in [-0.1, -0.05) is 18.7 Å². The van der Waals surface area contributed by atoms with Gasteiger partial charge in [0.1, 0.15) is 5.60 Å². The van der Waals surface area contributed by atoms with E-state index in [-0.39, 0.29) is 5.97 Å². The van der Waals surface area contributed by atoms with Crippen LogP contribution in [0.15, 0.2) is 24.8 Å². The van der Waals surface area contributed by atoms with Gasteiger partial charge < -0.3 is 9.84 Å². The first-order valence-electron chi connectivity index (χ1n) is 4.97. The lowest BCUT2D eigenvalue weighted by molar-refractivity contribution is -0.151. The molecule has 15 heavy (non-hydrogen) atoms. The zero-order chi connectivity index (χ0) is 12.1. The minimum absolute atomic E-state index is 0.345. The van der Waals surface area contributed by atoms with Crippen molar-refractivity contribution in [3.8, 4) is 0 Å².